The minimum Gasteiger partial charge on any atom is -0.317 e. The van der Waals surface area contributed by atoms with E-state index in [-0.39, 0.29) is 7.43 Å². The molecule has 0 aromatic heterocycles. The van der Waals surface area contributed by atoms with E-state index >= 15 is 0 Å². The van der Waals surface area contributed by atoms with Gasteiger partial charge in [0.1, 0.15) is 0 Å². The molecule has 0 amide bonds. The van der Waals surface area contributed by atoms with E-state index in [4.69, 9.17) is 0 Å². The summed E-state index contributed by atoms with van der Waals surface area (Å²) in [5.41, 5.74) is 0. The lowest BCUT2D eigenvalue weighted by molar-refractivity contribution is 0.148. The number of nitrogens with one attached hydrogen (secondary N) is 1. The first-order chi connectivity index (χ1) is 22.9. The van der Waals surface area contributed by atoms with Crippen LogP contribution in [-0.4, -0.2) is 87.2 Å². The van der Waals surface area contributed by atoms with Crippen LogP contribution in [0.5, 0.6) is 0 Å². The maximum Gasteiger partial charge on any atom is 0.0110 e. The lowest BCUT2D eigenvalue weighted by atomic mass is 9.87. The molecule has 4 nitrogen and oxygen atoms in total. The van der Waals surface area contributed by atoms with Gasteiger partial charge in [-0.1, -0.05) is 134 Å². The molecular formula is C45H96N4. The Labute approximate surface area is 312 Å². The van der Waals surface area contributed by atoms with Crippen LogP contribution in [0, 0.1) is 47.3 Å². The van der Waals surface area contributed by atoms with Gasteiger partial charge < -0.3 is 20.0 Å². The van der Waals surface area contributed by atoms with Gasteiger partial charge in [-0.15, -0.1) is 0 Å². The van der Waals surface area contributed by atoms with Gasteiger partial charge in [0.05, 0.1) is 0 Å². The van der Waals surface area contributed by atoms with Crippen LogP contribution in [0.2, 0.25) is 0 Å². The topological polar surface area (TPSA) is 21.8 Å². The van der Waals surface area contributed by atoms with E-state index in [0.717, 1.165) is 47.3 Å². The number of hydrogen-bond acceptors (Lipinski definition) is 4. The highest BCUT2D eigenvalue weighted by Crippen LogP contribution is 2.31. The van der Waals surface area contributed by atoms with Gasteiger partial charge in [-0.3, -0.25) is 0 Å². The summed E-state index contributed by atoms with van der Waals surface area (Å²) in [5.74, 6) is 7.62. The number of likely N-dealkylation sites (N-methyl/N-ethyl adjacent to an activating group) is 1. The fraction of sp³-hybridized carbons (Fsp3) is 1.00. The number of likely N-dealkylation sites (tertiary alicyclic amines) is 1. The molecule has 2 aliphatic carbocycles. The van der Waals surface area contributed by atoms with Crippen LogP contribution in [0.15, 0.2) is 0 Å². The molecule has 0 aromatic carbocycles. The molecule has 0 radical (unpaired) electrons. The molecule has 0 aromatic rings. The van der Waals surface area contributed by atoms with Crippen LogP contribution in [-0.2, 0) is 0 Å². The first-order valence-electron chi connectivity index (χ1n) is 21.7. The van der Waals surface area contributed by atoms with Crippen molar-refractivity contribution < 1.29 is 0 Å². The van der Waals surface area contributed by atoms with E-state index in [0.29, 0.717) is 0 Å². The Kier molecular flexibility index (Phi) is 30.2. The summed E-state index contributed by atoms with van der Waals surface area (Å²) in [6.07, 6.45) is 21.8. The molecule has 3 saturated heterocycles. The standard InChI is InChI=1S/C10H22N2.C10H21N.C8H17N.2C8H16.CH4/c1-10(2)4-5-12-8-6-11(3)7-9-12;1-10(2)6-9-11-7-4-3-5-8-11;1-7(2)8-3-5-9-6-4-8;2*1-7(2)8-5-3-4-6-8;/h10H,4-9H2,1-3H3;10H,3-9H2,1-2H3;7-9H,3-6H2,1-2H3;2*7-8H,3-6H2,1-2H3;1H4. The molecule has 296 valence electrons. The zero-order chi connectivity index (χ0) is 35.7. The molecule has 3 aliphatic heterocycles. The van der Waals surface area contributed by atoms with Gasteiger partial charge >= 0.3 is 0 Å². The summed E-state index contributed by atoms with van der Waals surface area (Å²) in [6.45, 7) is 36.1. The van der Waals surface area contributed by atoms with Crippen LogP contribution in [0.3, 0.4) is 0 Å². The zero-order valence-corrected chi connectivity index (χ0v) is 35.1. The van der Waals surface area contributed by atoms with Crippen molar-refractivity contribution in [1.82, 2.24) is 20.0 Å². The molecule has 5 fully saturated rings. The summed E-state index contributed by atoms with van der Waals surface area (Å²) in [5, 5.41) is 3.37. The Morgan fingerprint density at radius 1 is 0.449 bits per heavy atom. The molecular weight excluding hydrogens is 597 g/mol. The molecule has 0 atom stereocenters. The predicted octanol–water partition coefficient (Wildman–Crippen LogP) is 11.7. The van der Waals surface area contributed by atoms with Crippen LogP contribution < -0.4 is 5.32 Å². The number of piperidine rings is 2. The van der Waals surface area contributed by atoms with Gasteiger partial charge in [0.2, 0.25) is 0 Å². The first kappa shape index (κ1) is 48.8. The lowest BCUT2D eigenvalue weighted by Gasteiger charge is -2.32. The Balaban J connectivity index is 0.000000590. The summed E-state index contributed by atoms with van der Waals surface area (Å²) >= 11 is 0. The van der Waals surface area contributed by atoms with Crippen molar-refractivity contribution in [3.63, 3.8) is 0 Å². The lowest BCUT2D eigenvalue weighted by Crippen LogP contribution is -2.44. The van der Waals surface area contributed by atoms with Crippen LogP contribution >= 0.6 is 0 Å². The third kappa shape index (κ3) is 26.3. The fourth-order valence-electron chi connectivity index (χ4n) is 7.90. The second kappa shape index (κ2) is 30.3. The predicted molar refractivity (Wildman–Crippen MR) is 224 cm³/mol. The van der Waals surface area contributed by atoms with Gasteiger partial charge in [0.25, 0.3) is 0 Å². The smallest absolute Gasteiger partial charge is 0.0110 e. The second-order valence-electron chi connectivity index (χ2n) is 18.3. The van der Waals surface area contributed by atoms with Crippen molar-refractivity contribution in [3.05, 3.63) is 0 Å². The summed E-state index contributed by atoms with van der Waals surface area (Å²) in [6, 6.07) is 0. The maximum atomic E-state index is 3.37. The molecule has 5 rings (SSSR count). The maximum absolute atomic E-state index is 3.37. The average Bonchev–Trinajstić information content (AvgIpc) is 3.82. The largest absolute Gasteiger partial charge is 0.317 e. The average molecular weight is 693 g/mol. The van der Waals surface area contributed by atoms with E-state index in [1.165, 1.54) is 162 Å². The third-order valence-corrected chi connectivity index (χ3v) is 12.1. The Morgan fingerprint density at radius 3 is 1.10 bits per heavy atom. The normalized spacial score (nSPS) is 21.8. The molecule has 3 heterocycles. The van der Waals surface area contributed by atoms with E-state index in [1.54, 1.807) is 0 Å². The Bertz CT molecular complexity index is 652. The van der Waals surface area contributed by atoms with Crippen molar-refractivity contribution in [2.75, 3.05) is 72.5 Å². The summed E-state index contributed by atoms with van der Waals surface area (Å²) < 4.78 is 0. The van der Waals surface area contributed by atoms with Crippen LogP contribution in [0.1, 0.15) is 173 Å². The third-order valence-electron chi connectivity index (χ3n) is 12.1. The van der Waals surface area contributed by atoms with Crippen molar-refractivity contribution in [3.8, 4) is 0 Å². The van der Waals surface area contributed by atoms with Crippen LogP contribution in [0.4, 0.5) is 0 Å². The highest BCUT2D eigenvalue weighted by Gasteiger charge is 2.18. The monoisotopic (exact) mass is 693 g/mol. The number of hydrogen-bond donors (Lipinski definition) is 1. The highest BCUT2D eigenvalue weighted by molar-refractivity contribution is 4.72. The van der Waals surface area contributed by atoms with Crippen molar-refractivity contribution in [2.45, 2.75) is 173 Å². The molecule has 0 bridgehead atoms. The van der Waals surface area contributed by atoms with Crippen molar-refractivity contribution >= 4 is 0 Å². The van der Waals surface area contributed by atoms with Gasteiger partial charge in [-0.25, -0.2) is 0 Å². The molecule has 1 N–H and O–H groups in total. The molecule has 5 aliphatic rings. The number of piperazine rings is 1. The van der Waals surface area contributed by atoms with E-state index in [9.17, 15) is 0 Å². The Morgan fingerprint density at radius 2 is 0.796 bits per heavy atom. The van der Waals surface area contributed by atoms with Gasteiger partial charge in [0, 0.05) is 26.2 Å². The Hall–Kier alpha value is -0.160. The van der Waals surface area contributed by atoms with Crippen molar-refractivity contribution in [2.24, 2.45) is 47.3 Å². The SMILES string of the molecule is C.CC(C)C1CCCC1.CC(C)C1CCCC1.CC(C)C1CCNCC1.CC(C)CCN1CCCCC1.CC(C)CCN1CCN(C)CC1. The molecule has 4 heteroatoms. The second-order valence-corrected chi connectivity index (χ2v) is 18.3. The quantitative estimate of drug-likeness (QED) is 0.260. The van der Waals surface area contributed by atoms with Crippen LogP contribution in [0.25, 0.3) is 0 Å². The molecule has 0 spiro atoms. The molecule has 0 unspecified atom stereocenters. The number of rotatable bonds is 9. The molecule has 2 saturated carbocycles. The van der Waals surface area contributed by atoms with E-state index in [2.05, 4.69) is 96.3 Å². The number of nitrogens with zero attached hydrogens (tertiary/aromatic N) is 3. The highest BCUT2D eigenvalue weighted by atomic mass is 15.2. The van der Waals surface area contributed by atoms with E-state index < -0.39 is 0 Å². The first-order valence-corrected chi connectivity index (χ1v) is 21.7. The van der Waals surface area contributed by atoms with Crippen molar-refractivity contribution in [1.29, 1.82) is 0 Å². The fourth-order valence-corrected chi connectivity index (χ4v) is 7.90. The van der Waals surface area contributed by atoms with Gasteiger partial charge in [0.15, 0.2) is 0 Å². The summed E-state index contributed by atoms with van der Waals surface area (Å²) in [4.78, 5) is 7.61. The van der Waals surface area contributed by atoms with Gasteiger partial charge in [-0.05, 0) is 132 Å². The zero-order valence-electron chi connectivity index (χ0n) is 35.1. The van der Waals surface area contributed by atoms with E-state index in [1.807, 2.05) is 0 Å². The minimum absolute atomic E-state index is 0. The summed E-state index contributed by atoms with van der Waals surface area (Å²) in [7, 11) is 2.21. The minimum atomic E-state index is 0. The van der Waals surface area contributed by atoms with Gasteiger partial charge in [-0.2, -0.15) is 0 Å². The molecule has 49 heavy (non-hydrogen) atoms.